The third kappa shape index (κ3) is 6.39. The molecule has 0 aromatic rings. The Labute approximate surface area is 82.0 Å². The molecule has 0 bridgehead atoms. The monoisotopic (exact) mass is 175 g/mol. The van der Waals surface area contributed by atoms with Crippen molar-refractivity contribution >= 4 is 0 Å². The SMILES string of the molecule is [C]1=C/CCCCCC/C=C/C=C/C/1. The van der Waals surface area contributed by atoms with Crippen LogP contribution in [-0.4, -0.2) is 0 Å². The lowest BCUT2D eigenvalue weighted by Gasteiger charge is -1.95. The first-order valence-electron chi connectivity index (χ1n) is 5.37. The number of rotatable bonds is 0. The molecule has 0 nitrogen and oxygen atoms in total. The predicted molar refractivity (Wildman–Crippen MR) is 58.4 cm³/mol. The highest BCUT2D eigenvalue weighted by Crippen LogP contribution is 2.07. The van der Waals surface area contributed by atoms with Gasteiger partial charge in [0.25, 0.3) is 0 Å². The van der Waals surface area contributed by atoms with Gasteiger partial charge in [-0.3, -0.25) is 0 Å². The first kappa shape index (κ1) is 10.3. The minimum Gasteiger partial charge on any atom is -0.0845 e. The maximum Gasteiger partial charge on any atom is -0.00948 e. The topological polar surface area (TPSA) is 0 Å². The van der Waals surface area contributed by atoms with Crippen molar-refractivity contribution in [2.24, 2.45) is 0 Å². The number of hydrogen-bond acceptors (Lipinski definition) is 0. The Morgan fingerprint density at radius 3 is 2.46 bits per heavy atom. The summed E-state index contributed by atoms with van der Waals surface area (Å²) in [6, 6.07) is 0. The molecular weight excluding hydrogens is 156 g/mol. The van der Waals surface area contributed by atoms with E-state index in [0.29, 0.717) is 0 Å². The Morgan fingerprint density at radius 2 is 1.54 bits per heavy atom. The first-order chi connectivity index (χ1) is 6.50. The summed E-state index contributed by atoms with van der Waals surface area (Å²) in [6.07, 6.45) is 23.0. The van der Waals surface area contributed by atoms with Crippen molar-refractivity contribution < 1.29 is 0 Å². The molecule has 0 aromatic carbocycles. The zero-order valence-corrected chi connectivity index (χ0v) is 8.34. The van der Waals surface area contributed by atoms with Crippen LogP contribution >= 0.6 is 0 Å². The van der Waals surface area contributed by atoms with E-state index in [9.17, 15) is 0 Å². The maximum atomic E-state index is 3.28. The second-order valence-corrected chi connectivity index (χ2v) is 3.46. The summed E-state index contributed by atoms with van der Waals surface area (Å²) in [5, 5.41) is 0. The zero-order chi connectivity index (χ0) is 9.19. The van der Waals surface area contributed by atoms with E-state index in [4.69, 9.17) is 0 Å². The molecule has 1 aliphatic carbocycles. The lowest BCUT2D eigenvalue weighted by molar-refractivity contribution is 0.652. The molecular formula is C13H19. The lowest BCUT2D eigenvalue weighted by atomic mass is 10.1. The standard InChI is InChI=1S/C13H19/c1-2-4-6-8-10-12-13-11-9-7-5-3-1/h1-4,10H,5-7,9,11-13H2/b3-1+,4-2+,10-8?. The Morgan fingerprint density at radius 1 is 0.769 bits per heavy atom. The number of hydrogen-bond donors (Lipinski definition) is 0. The van der Waals surface area contributed by atoms with Crippen LogP contribution in [0.25, 0.3) is 0 Å². The summed E-state index contributed by atoms with van der Waals surface area (Å²) in [5.74, 6) is 0. The summed E-state index contributed by atoms with van der Waals surface area (Å²) in [4.78, 5) is 0. The van der Waals surface area contributed by atoms with Crippen LogP contribution in [0.5, 0.6) is 0 Å². The van der Waals surface area contributed by atoms with Gasteiger partial charge in [0.15, 0.2) is 0 Å². The van der Waals surface area contributed by atoms with Crippen molar-refractivity contribution in [1.29, 1.82) is 0 Å². The molecule has 1 radical (unpaired) electrons. The minimum absolute atomic E-state index is 0.963. The first-order valence-corrected chi connectivity index (χ1v) is 5.37. The second kappa shape index (κ2) is 7.85. The molecule has 0 saturated carbocycles. The molecule has 71 valence electrons. The molecule has 13 heavy (non-hydrogen) atoms. The van der Waals surface area contributed by atoms with Crippen molar-refractivity contribution in [2.75, 3.05) is 0 Å². The van der Waals surface area contributed by atoms with Crippen molar-refractivity contribution in [3.8, 4) is 0 Å². The van der Waals surface area contributed by atoms with E-state index in [1.165, 1.54) is 38.5 Å². The Kier molecular flexibility index (Phi) is 6.22. The minimum atomic E-state index is 0.963. The molecule has 0 aromatic heterocycles. The molecule has 0 atom stereocenters. The van der Waals surface area contributed by atoms with Crippen molar-refractivity contribution in [2.45, 2.75) is 44.9 Å². The Hall–Kier alpha value is -0.780. The molecule has 1 aliphatic rings. The average molecular weight is 175 g/mol. The molecule has 0 unspecified atom stereocenters. The van der Waals surface area contributed by atoms with Crippen molar-refractivity contribution in [1.82, 2.24) is 0 Å². The molecule has 0 saturated heterocycles. The van der Waals surface area contributed by atoms with E-state index in [2.05, 4.69) is 36.5 Å². The average Bonchev–Trinajstić information content (AvgIpc) is 2.18. The summed E-state index contributed by atoms with van der Waals surface area (Å²) >= 11 is 0. The predicted octanol–water partition coefficient (Wildman–Crippen LogP) is 4.20. The van der Waals surface area contributed by atoms with E-state index < -0.39 is 0 Å². The van der Waals surface area contributed by atoms with Crippen LogP contribution in [-0.2, 0) is 0 Å². The fourth-order valence-electron chi connectivity index (χ4n) is 1.44. The highest BCUT2D eigenvalue weighted by atomic mass is 13.9. The summed E-state index contributed by atoms with van der Waals surface area (Å²) in [5.41, 5.74) is 0. The Balaban J connectivity index is 2.29. The summed E-state index contributed by atoms with van der Waals surface area (Å²) in [6.45, 7) is 0. The van der Waals surface area contributed by atoms with Gasteiger partial charge in [0.2, 0.25) is 0 Å². The molecule has 0 amide bonds. The van der Waals surface area contributed by atoms with E-state index in [-0.39, 0.29) is 0 Å². The van der Waals surface area contributed by atoms with Crippen LogP contribution < -0.4 is 0 Å². The van der Waals surface area contributed by atoms with Gasteiger partial charge in [0, 0.05) is 0 Å². The van der Waals surface area contributed by atoms with Gasteiger partial charge >= 0.3 is 0 Å². The van der Waals surface area contributed by atoms with Gasteiger partial charge < -0.3 is 0 Å². The van der Waals surface area contributed by atoms with Gasteiger partial charge in [-0.25, -0.2) is 0 Å². The van der Waals surface area contributed by atoms with Crippen molar-refractivity contribution in [3.63, 3.8) is 0 Å². The van der Waals surface area contributed by atoms with E-state index in [1.54, 1.807) is 0 Å². The quantitative estimate of drug-likeness (QED) is 0.517. The van der Waals surface area contributed by atoms with Gasteiger partial charge in [-0.1, -0.05) is 43.2 Å². The van der Waals surface area contributed by atoms with Gasteiger partial charge in [0.05, 0.1) is 0 Å². The highest BCUT2D eigenvalue weighted by Gasteiger charge is 1.87. The molecule has 0 N–H and O–H groups in total. The summed E-state index contributed by atoms with van der Waals surface area (Å²) in [7, 11) is 0. The zero-order valence-electron chi connectivity index (χ0n) is 8.34. The van der Waals surface area contributed by atoms with Crippen molar-refractivity contribution in [3.05, 3.63) is 36.5 Å². The highest BCUT2D eigenvalue weighted by molar-refractivity contribution is 5.03. The van der Waals surface area contributed by atoms with Gasteiger partial charge in [-0.05, 0) is 38.2 Å². The van der Waals surface area contributed by atoms with E-state index >= 15 is 0 Å². The third-order valence-corrected chi connectivity index (χ3v) is 2.23. The molecule has 0 heteroatoms. The lowest BCUT2D eigenvalue weighted by Crippen LogP contribution is -1.76. The van der Waals surface area contributed by atoms with Crippen LogP contribution in [0.4, 0.5) is 0 Å². The fourth-order valence-corrected chi connectivity index (χ4v) is 1.44. The van der Waals surface area contributed by atoms with Gasteiger partial charge in [-0.15, -0.1) is 0 Å². The normalized spacial score (nSPS) is 27.7. The second-order valence-electron chi connectivity index (χ2n) is 3.46. The molecule has 0 spiro atoms. The van der Waals surface area contributed by atoms with E-state index in [0.717, 1.165) is 6.42 Å². The molecule has 0 heterocycles. The molecule has 1 rings (SSSR count). The smallest absolute Gasteiger partial charge is 0.00948 e. The van der Waals surface area contributed by atoms with Crippen LogP contribution in [0.2, 0.25) is 0 Å². The molecule has 0 fully saturated rings. The molecule has 0 aliphatic heterocycles. The van der Waals surface area contributed by atoms with E-state index in [1.807, 2.05) is 0 Å². The van der Waals surface area contributed by atoms with Gasteiger partial charge in [0.1, 0.15) is 0 Å². The van der Waals surface area contributed by atoms with Crippen LogP contribution in [0.3, 0.4) is 0 Å². The van der Waals surface area contributed by atoms with Crippen LogP contribution in [0.15, 0.2) is 30.4 Å². The largest absolute Gasteiger partial charge is 0.0845 e. The number of allylic oxidation sites excluding steroid dienone is 6. The van der Waals surface area contributed by atoms with Crippen LogP contribution in [0, 0.1) is 6.08 Å². The third-order valence-electron chi connectivity index (χ3n) is 2.23. The summed E-state index contributed by atoms with van der Waals surface area (Å²) < 4.78 is 0. The Bertz CT molecular complexity index is 184. The van der Waals surface area contributed by atoms with Gasteiger partial charge in [-0.2, -0.15) is 0 Å². The fraction of sp³-hybridized carbons (Fsp3) is 0.538. The maximum absolute atomic E-state index is 3.28. The van der Waals surface area contributed by atoms with Crippen LogP contribution in [0.1, 0.15) is 44.9 Å².